The van der Waals surface area contributed by atoms with Crippen molar-refractivity contribution in [3.63, 3.8) is 0 Å². The minimum Gasteiger partial charge on any atom is -0.508 e. The number of nitrogens with one attached hydrogen (secondary N) is 1. The molecule has 0 unspecified atom stereocenters. The Morgan fingerprint density at radius 3 is 2.47 bits per heavy atom. The molecular formula is C13H19FN2O. The summed E-state index contributed by atoms with van der Waals surface area (Å²) in [6, 6.07) is 7.24. The third-order valence-corrected chi connectivity index (χ3v) is 3.25. The zero-order chi connectivity index (χ0) is 12.1. The van der Waals surface area contributed by atoms with E-state index < -0.39 is 0 Å². The first-order valence-electron chi connectivity index (χ1n) is 6.11. The second kappa shape index (κ2) is 5.98. The second-order valence-corrected chi connectivity index (χ2v) is 4.37. The standard InChI is InChI=1S/C13H19FN2O/c14-6-5-13(16-9-7-15-8-10-16)11-1-3-12(17)4-2-11/h1-4,13,15,17H,5-10H2/t13-/m1/s1. The predicted octanol–water partition coefficient (Wildman–Crippen LogP) is 1.70. The highest BCUT2D eigenvalue weighted by Crippen LogP contribution is 2.26. The number of halogens is 1. The Morgan fingerprint density at radius 2 is 1.88 bits per heavy atom. The zero-order valence-corrected chi connectivity index (χ0v) is 9.90. The number of hydrogen-bond donors (Lipinski definition) is 2. The molecular weight excluding hydrogens is 219 g/mol. The smallest absolute Gasteiger partial charge is 0.115 e. The minimum atomic E-state index is -0.310. The van der Waals surface area contributed by atoms with Crippen LogP contribution < -0.4 is 5.32 Å². The van der Waals surface area contributed by atoms with Crippen LogP contribution in [0.1, 0.15) is 18.0 Å². The van der Waals surface area contributed by atoms with Gasteiger partial charge in [0.25, 0.3) is 0 Å². The van der Waals surface area contributed by atoms with Crippen LogP contribution in [-0.4, -0.2) is 42.9 Å². The van der Waals surface area contributed by atoms with Crippen molar-refractivity contribution in [2.24, 2.45) is 0 Å². The van der Waals surface area contributed by atoms with Crippen LogP contribution in [0.4, 0.5) is 4.39 Å². The van der Waals surface area contributed by atoms with Gasteiger partial charge >= 0.3 is 0 Å². The van der Waals surface area contributed by atoms with Crippen molar-refractivity contribution < 1.29 is 9.50 Å². The lowest BCUT2D eigenvalue weighted by Gasteiger charge is -2.34. The van der Waals surface area contributed by atoms with Crippen LogP contribution in [0.5, 0.6) is 5.75 Å². The molecule has 1 aromatic carbocycles. The molecule has 0 aromatic heterocycles. The molecule has 2 rings (SSSR count). The van der Waals surface area contributed by atoms with Gasteiger partial charge in [0.2, 0.25) is 0 Å². The first-order valence-corrected chi connectivity index (χ1v) is 6.11. The van der Waals surface area contributed by atoms with Crippen molar-refractivity contribution in [1.82, 2.24) is 10.2 Å². The number of phenolic OH excluding ortho intramolecular Hbond substituents is 1. The molecule has 0 saturated carbocycles. The van der Waals surface area contributed by atoms with Crippen LogP contribution in [0.2, 0.25) is 0 Å². The topological polar surface area (TPSA) is 35.5 Å². The van der Waals surface area contributed by atoms with E-state index in [0.717, 1.165) is 31.7 Å². The van der Waals surface area contributed by atoms with E-state index in [1.807, 2.05) is 12.1 Å². The molecule has 1 fully saturated rings. The lowest BCUT2D eigenvalue weighted by Crippen LogP contribution is -2.45. The van der Waals surface area contributed by atoms with Crippen molar-refractivity contribution in [3.05, 3.63) is 29.8 Å². The highest BCUT2D eigenvalue weighted by molar-refractivity contribution is 5.28. The maximum absolute atomic E-state index is 12.7. The molecule has 3 nitrogen and oxygen atoms in total. The number of phenols is 1. The van der Waals surface area contributed by atoms with Gasteiger partial charge in [-0.05, 0) is 24.1 Å². The quantitative estimate of drug-likeness (QED) is 0.838. The summed E-state index contributed by atoms with van der Waals surface area (Å²) in [6.45, 7) is 3.51. The lowest BCUT2D eigenvalue weighted by molar-refractivity contribution is 0.157. The van der Waals surface area contributed by atoms with Gasteiger partial charge in [-0.1, -0.05) is 12.1 Å². The lowest BCUT2D eigenvalue weighted by atomic mass is 10.0. The molecule has 1 heterocycles. The average molecular weight is 238 g/mol. The molecule has 94 valence electrons. The molecule has 1 aliphatic rings. The van der Waals surface area contributed by atoms with Crippen molar-refractivity contribution in [2.75, 3.05) is 32.9 Å². The first kappa shape index (κ1) is 12.3. The molecule has 17 heavy (non-hydrogen) atoms. The SMILES string of the molecule is Oc1ccc([C@@H](CCF)N2CCNCC2)cc1. The van der Waals surface area contributed by atoms with Gasteiger partial charge in [-0.25, -0.2) is 0 Å². The van der Waals surface area contributed by atoms with E-state index >= 15 is 0 Å². The summed E-state index contributed by atoms with van der Waals surface area (Å²) in [7, 11) is 0. The van der Waals surface area contributed by atoms with Crippen LogP contribution in [0.15, 0.2) is 24.3 Å². The summed E-state index contributed by atoms with van der Waals surface area (Å²) in [5.41, 5.74) is 1.09. The molecule has 0 amide bonds. The molecule has 0 spiro atoms. The van der Waals surface area contributed by atoms with Crippen molar-refractivity contribution in [2.45, 2.75) is 12.5 Å². The van der Waals surface area contributed by atoms with E-state index in [0.29, 0.717) is 6.42 Å². The Morgan fingerprint density at radius 1 is 1.24 bits per heavy atom. The molecule has 0 aliphatic carbocycles. The summed E-state index contributed by atoms with van der Waals surface area (Å²) in [5.74, 6) is 0.257. The van der Waals surface area contributed by atoms with Crippen LogP contribution in [0.25, 0.3) is 0 Å². The van der Waals surface area contributed by atoms with E-state index in [9.17, 15) is 9.50 Å². The van der Waals surface area contributed by atoms with E-state index in [4.69, 9.17) is 0 Å². The van der Waals surface area contributed by atoms with Gasteiger partial charge in [-0.3, -0.25) is 9.29 Å². The average Bonchev–Trinajstić information content (AvgIpc) is 2.38. The Labute approximate surface area is 101 Å². The summed E-state index contributed by atoms with van der Waals surface area (Å²) < 4.78 is 12.7. The van der Waals surface area contributed by atoms with Crippen molar-refractivity contribution in [1.29, 1.82) is 0 Å². The Bertz CT molecular complexity index is 336. The van der Waals surface area contributed by atoms with Gasteiger partial charge in [-0.2, -0.15) is 0 Å². The van der Waals surface area contributed by atoms with Crippen LogP contribution >= 0.6 is 0 Å². The van der Waals surface area contributed by atoms with Gasteiger partial charge < -0.3 is 10.4 Å². The Kier molecular flexibility index (Phi) is 4.34. The van der Waals surface area contributed by atoms with Gasteiger partial charge in [0.15, 0.2) is 0 Å². The zero-order valence-electron chi connectivity index (χ0n) is 9.90. The van der Waals surface area contributed by atoms with Gasteiger partial charge in [0, 0.05) is 32.2 Å². The normalized spacial score (nSPS) is 19.1. The van der Waals surface area contributed by atoms with E-state index in [-0.39, 0.29) is 18.5 Å². The summed E-state index contributed by atoms with van der Waals surface area (Å²) in [5, 5.41) is 12.6. The second-order valence-electron chi connectivity index (χ2n) is 4.37. The Balaban J connectivity index is 2.12. The maximum atomic E-state index is 12.7. The molecule has 0 radical (unpaired) electrons. The monoisotopic (exact) mass is 238 g/mol. The number of benzene rings is 1. The number of nitrogens with zero attached hydrogens (tertiary/aromatic N) is 1. The highest BCUT2D eigenvalue weighted by atomic mass is 19.1. The van der Waals surface area contributed by atoms with Gasteiger partial charge in [-0.15, -0.1) is 0 Å². The Hall–Kier alpha value is -1.13. The van der Waals surface area contributed by atoms with Crippen LogP contribution in [0.3, 0.4) is 0 Å². The van der Waals surface area contributed by atoms with Gasteiger partial charge in [0.05, 0.1) is 6.67 Å². The summed E-state index contributed by atoms with van der Waals surface area (Å²) >= 11 is 0. The maximum Gasteiger partial charge on any atom is 0.115 e. The number of alkyl halides is 1. The summed E-state index contributed by atoms with van der Waals surface area (Å²) in [6.07, 6.45) is 0.519. The molecule has 1 saturated heterocycles. The molecule has 2 N–H and O–H groups in total. The highest BCUT2D eigenvalue weighted by Gasteiger charge is 2.21. The molecule has 1 atom stereocenters. The fraction of sp³-hybridized carbons (Fsp3) is 0.538. The third kappa shape index (κ3) is 3.17. The third-order valence-electron chi connectivity index (χ3n) is 3.25. The van der Waals surface area contributed by atoms with Crippen LogP contribution in [0, 0.1) is 0 Å². The van der Waals surface area contributed by atoms with Gasteiger partial charge in [0.1, 0.15) is 5.75 Å². The van der Waals surface area contributed by atoms with E-state index in [1.165, 1.54) is 0 Å². The fourth-order valence-electron chi connectivity index (χ4n) is 2.35. The first-order chi connectivity index (χ1) is 8.31. The van der Waals surface area contributed by atoms with Crippen molar-refractivity contribution >= 4 is 0 Å². The van der Waals surface area contributed by atoms with Crippen LogP contribution in [-0.2, 0) is 0 Å². The fourth-order valence-corrected chi connectivity index (χ4v) is 2.35. The minimum absolute atomic E-state index is 0.127. The number of piperazine rings is 1. The molecule has 1 aliphatic heterocycles. The van der Waals surface area contributed by atoms with Crippen molar-refractivity contribution in [3.8, 4) is 5.75 Å². The number of rotatable bonds is 4. The molecule has 1 aromatic rings. The number of aromatic hydroxyl groups is 1. The van der Waals surface area contributed by atoms with E-state index in [1.54, 1.807) is 12.1 Å². The number of hydrogen-bond acceptors (Lipinski definition) is 3. The summed E-state index contributed by atoms with van der Waals surface area (Å²) in [4.78, 5) is 2.31. The van der Waals surface area contributed by atoms with E-state index in [2.05, 4.69) is 10.2 Å². The molecule has 4 heteroatoms. The largest absolute Gasteiger partial charge is 0.508 e. The molecule has 0 bridgehead atoms. The predicted molar refractivity (Wildman–Crippen MR) is 65.9 cm³/mol.